The maximum atomic E-state index is 5.38. The second-order valence-electron chi connectivity index (χ2n) is 11.6. The largest absolute Gasteiger partial charge is 0.244 e. The van der Waals surface area contributed by atoms with Crippen molar-refractivity contribution < 1.29 is 0 Å². The van der Waals surface area contributed by atoms with Gasteiger partial charge in [0.25, 0.3) is 0 Å². The summed E-state index contributed by atoms with van der Waals surface area (Å²) in [4.78, 5) is 16.0. The number of thiophene rings is 1. The number of nitrogens with zero attached hydrogens (tertiary/aromatic N) is 3. The Labute approximate surface area is 262 Å². The number of aromatic nitrogens is 3. The van der Waals surface area contributed by atoms with Crippen LogP contribution in [0.1, 0.15) is 0 Å². The van der Waals surface area contributed by atoms with Gasteiger partial charge < -0.3 is 0 Å². The summed E-state index contributed by atoms with van der Waals surface area (Å²) in [5.74, 6) is 0.640. The standard InChI is InChI=1S/C41H23N3S/c1-2-12-25-23-26(22-21-24(25)11-1)38-30-16-6-9-19-33(30)43-41(44-38)39-37-35(29-15-5-8-18-32(29)42-39)27-13-3-4-14-28(27)36-31-17-7-10-20-34(31)45-40(36)37/h1-23H. The minimum Gasteiger partial charge on any atom is -0.244 e. The van der Waals surface area contributed by atoms with E-state index < -0.39 is 0 Å². The van der Waals surface area contributed by atoms with Crippen LogP contribution in [0.4, 0.5) is 0 Å². The SMILES string of the molecule is c1ccc2cc(-c3nc(-c4nc5ccccc5c5c6ccccc6c6c7ccccc7sc6c45)nc4ccccc34)ccc2c1. The molecule has 3 nitrogen and oxygen atoms in total. The fourth-order valence-electron chi connectivity index (χ4n) is 7.02. The topological polar surface area (TPSA) is 38.7 Å². The summed E-state index contributed by atoms with van der Waals surface area (Å²) < 4.78 is 2.49. The van der Waals surface area contributed by atoms with E-state index in [0.29, 0.717) is 5.82 Å². The molecule has 0 N–H and O–H groups in total. The molecule has 3 aromatic heterocycles. The molecule has 10 aromatic rings. The number of benzene rings is 7. The molecule has 45 heavy (non-hydrogen) atoms. The molecular formula is C41H23N3S. The molecule has 0 bridgehead atoms. The van der Waals surface area contributed by atoms with Gasteiger partial charge in [0.2, 0.25) is 0 Å². The van der Waals surface area contributed by atoms with Crippen LogP contribution in [0.5, 0.6) is 0 Å². The summed E-state index contributed by atoms with van der Waals surface area (Å²) in [6.45, 7) is 0. The maximum Gasteiger partial charge on any atom is 0.180 e. The molecule has 0 saturated heterocycles. The first-order valence-corrected chi connectivity index (χ1v) is 15.9. The number of hydrogen-bond acceptors (Lipinski definition) is 4. The van der Waals surface area contributed by atoms with Gasteiger partial charge in [0.05, 0.1) is 16.7 Å². The summed E-state index contributed by atoms with van der Waals surface area (Å²) in [7, 11) is 0. The van der Waals surface area contributed by atoms with E-state index in [2.05, 4.69) is 133 Å². The summed E-state index contributed by atoms with van der Waals surface area (Å²) in [6.07, 6.45) is 0. The Morgan fingerprint density at radius 2 is 1.02 bits per heavy atom. The van der Waals surface area contributed by atoms with Crippen LogP contribution in [0.15, 0.2) is 140 Å². The lowest BCUT2D eigenvalue weighted by atomic mass is 9.93. The summed E-state index contributed by atoms with van der Waals surface area (Å²) >= 11 is 1.83. The van der Waals surface area contributed by atoms with E-state index in [9.17, 15) is 0 Å². The van der Waals surface area contributed by atoms with Gasteiger partial charge in [-0.05, 0) is 45.8 Å². The molecule has 0 aliphatic rings. The average Bonchev–Trinajstić information content (AvgIpc) is 3.50. The molecule has 10 rings (SSSR count). The number of fused-ring (bicyclic) bond motifs is 12. The molecule has 0 fully saturated rings. The molecule has 0 atom stereocenters. The molecule has 0 unspecified atom stereocenters. The van der Waals surface area contributed by atoms with Gasteiger partial charge in [0.1, 0.15) is 5.69 Å². The van der Waals surface area contributed by atoms with Crippen LogP contribution < -0.4 is 0 Å². The van der Waals surface area contributed by atoms with E-state index >= 15 is 0 Å². The van der Waals surface area contributed by atoms with Crippen LogP contribution in [0.2, 0.25) is 0 Å². The van der Waals surface area contributed by atoms with Crippen LogP contribution in [0.3, 0.4) is 0 Å². The molecule has 3 heterocycles. The number of hydrogen-bond donors (Lipinski definition) is 0. The van der Waals surface area contributed by atoms with Gasteiger partial charge in [0, 0.05) is 47.3 Å². The van der Waals surface area contributed by atoms with Gasteiger partial charge in [-0.15, -0.1) is 11.3 Å². The third-order valence-corrected chi connectivity index (χ3v) is 10.2. The third kappa shape index (κ3) is 3.60. The molecule has 208 valence electrons. The number of rotatable bonds is 2. The highest BCUT2D eigenvalue weighted by molar-refractivity contribution is 7.27. The number of para-hydroxylation sites is 2. The number of pyridine rings is 1. The van der Waals surface area contributed by atoms with Gasteiger partial charge in [0.15, 0.2) is 5.82 Å². The highest BCUT2D eigenvalue weighted by atomic mass is 32.1. The summed E-state index contributed by atoms with van der Waals surface area (Å²) in [6, 6.07) is 49.4. The highest BCUT2D eigenvalue weighted by Crippen LogP contribution is 2.48. The van der Waals surface area contributed by atoms with Gasteiger partial charge in [-0.25, -0.2) is 15.0 Å². The smallest absolute Gasteiger partial charge is 0.180 e. The lowest BCUT2D eigenvalue weighted by Gasteiger charge is -2.15. The van der Waals surface area contributed by atoms with Crippen molar-refractivity contribution in [3.8, 4) is 22.8 Å². The van der Waals surface area contributed by atoms with E-state index in [1.165, 1.54) is 47.1 Å². The van der Waals surface area contributed by atoms with Crippen LogP contribution in [0.25, 0.3) is 97.1 Å². The van der Waals surface area contributed by atoms with E-state index in [1.54, 1.807) is 0 Å². The monoisotopic (exact) mass is 589 g/mol. The van der Waals surface area contributed by atoms with Crippen molar-refractivity contribution in [1.29, 1.82) is 0 Å². The third-order valence-electron chi connectivity index (χ3n) is 9.02. The Hall–Kier alpha value is -5.71. The lowest BCUT2D eigenvalue weighted by molar-refractivity contribution is 1.21. The first kappa shape index (κ1) is 24.7. The Morgan fingerprint density at radius 3 is 1.84 bits per heavy atom. The Balaban J connectivity index is 1.40. The molecule has 0 amide bonds. The highest BCUT2D eigenvalue weighted by Gasteiger charge is 2.22. The molecule has 0 radical (unpaired) electrons. The Kier molecular flexibility index (Phi) is 5.16. The lowest BCUT2D eigenvalue weighted by Crippen LogP contribution is -1.99. The molecule has 0 aliphatic heterocycles. The normalized spacial score (nSPS) is 12.0. The van der Waals surface area contributed by atoms with Gasteiger partial charge >= 0.3 is 0 Å². The molecule has 0 saturated carbocycles. The zero-order valence-electron chi connectivity index (χ0n) is 24.0. The van der Waals surface area contributed by atoms with Gasteiger partial charge in [-0.1, -0.05) is 115 Å². The van der Waals surface area contributed by atoms with Crippen LogP contribution in [-0.2, 0) is 0 Å². The van der Waals surface area contributed by atoms with Crippen molar-refractivity contribution in [3.05, 3.63) is 140 Å². The van der Waals surface area contributed by atoms with E-state index in [0.717, 1.165) is 44.1 Å². The van der Waals surface area contributed by atoms with Crippen molar-refractivity contribution in [2.75, 3.05) is 0 Å². The Bertz CT molecular complexity index is 2830. The summed E-state index contributed by atoms with van der Waals surface area (Å²) in [5, 5.41) is 11.9. The predicted octanol–water partition coefficient (Wildman–Crippen LogP) is 11.3. The van der Waals surface area contributed by atoms with Gasteiger partial charge in [-0.2, -0.15) is 0 Å². The van der Waals surface area contributed by atoms with Crippen LogP contribution in [-0.4, -0.2) is 15.0 Å². The first-order valence-electron chi connectivity index (χ1n) is 15.1. The van der Waals surface area contributed by atoms with E-state index in [4.69, 9.17) is 15.0 Å². The van der Waals surface area contributed by atoms with E-state index in [1.807, 2.05) is 17.4 Å². The average molecular weight is 590 g/mol. The summed E-state index contributed by atoms with van der Waals surface area (Å²) in [5.41, 5.74) is 4.64. The minimum atomic E-state index is 0.640. The minimum absolute atomic E-state index is 0.640. The van der Waals surface area contributed by atoms with Crippen molar-refractivity contribution in [3.63, 3.8) is 0 Å². The predicted molar refractivity (Wildman–Crippen MR) is 191 cm³/mol. The molecule has 0 aliphatic carbocycles. The quantitative estimate of drug-likeness (QED) is 0.188. The molecule has 4 heteroatoms. The molecule has 0 spiro atoms. The fraction of sp³-hybridized carbons (Fsp3) is 0. The maximum absolute atomic E-state index is 5.38. The molecule has 7 aromatic carbocycles. The van der Waals surface area contributed by atoms with E-state index in [-0.39, 0.29) is 0 Å². The van der Waals surface area contributed by atoms with Crippen molar-refractivity contribution in [1.82, 2.24) is 15.0 Å². The fourth-order valence-corrected chi connectivity index (χ4v) is 8.29. The Morgan fingerprint density at radius 1 is 0.400 bits per heavy atom. The van der Waals surface area contributed by atoms with Crippen molar-refractivity contribution >= 4 is 85.6 Å². The zero-order valence-corrected chi connectivity index (χ0v) is 24.8. The molecular weight excluding hydrogens is 567 g/mol. The van der Waals surface area contributed by atoms with Crippen molar-refractivity contribution in [2.24, 2.45) is 0 Å². The zero-order chi connectivity index (χ0) is 29.5. The van der Waals surface area contributed by atoms with Gasteiger partial charge in [-0.3, -0.25) is 0 Å². The second-order valence-corrected chi connectivity index (χ2v) is 12.6. The van der Waals surface area contributed by atoms with Crippen LogP contribution >= 0.6 is 11.3 Å². The first-order chi connectivity index (χ1) is 22.3. The second kappa shape index (κ2) is 9.39. The van der Waals surface area contributed by atoms with Crippen LogP contribution in [0, 0.1) is 0 Å². The van der Waals surface area contributed by atoms with Crippen molar-refractivity contribution in [2.45, 2.75) is 0 Å².